The van der Waals surface area contributed by atoms with Gasteiger partial charge in [-0.25, -0.2) is 0 Å². The predicted molar refractivity (Wildman–Crippen MR) is 209 cm³/mol. The van der Waals surface area contributed by atoms with Crippen LogP contribution in [0.4, 0.5) is 17.1 Å². The fraction of sp³-hybridized carbons (Fsp3) is 0. The number of benzene rings is 7. The SMILES string of the molecule is N#Cc1ccc2c(c1)[Si](c1ccccc1)(c1ccccc1)c1cc(C#N)ccc1N2c1cc2c3c(c1)Sc1ccccc1B3c1ccccc1O2. The van der Waals surface area contributed by atoms with Gasteiger partial charge in [0.1, 0.15) is 11.5 Å². The van der Waals surface area contributed by atoms with Crippen molar-refractivity contribution in [2.75, 3.05) is 4.90 Å². The third-order valence-electron chi connectivity index (χ3n) is 10.5. The number of hydrogen-bond donors (Lipinski definition) is 0. The van der Waals surface area contributed by atoms with Crippen LogP contribution < -0.4 is 46.8 Å². The first-order valence-corrected chi connectivity index (χ1v) is 19.7. The lowest BCUT2D eigenvalue weighted by molar-refractivity contribution is 0.486. The molecule has 10 rings (SSSR count). The van der Waals surface area contributed by atoms with Crippen LogP contribution in [-0.2, 0) is 0 Å². The minimum absolute atomic E-state index is 0.0694. The van der Waals surface area contributed by atoms with Crippen molar-refractivity contribution in [2.24, 2.45) is 0 Å². The molecule has 7 aromatic rings. The first kappa shape index (κ1) is 29.6. The van der Waals surface area contributed by atoms with Crippen molar-refractivity contribution >= 4 is 80.7 Å². The quantitative estimate of drug-likeness (QED) is 0.225. The Bertz CT molecular complexity index is 2470. The maximum atomic E-state index is 10.3. The summed E-state index contributed by atoms with van der Waals surface area (Å²) in [4.78, 5) is 4.72. The highest BCUT2D eigenvalue weighted by Crippen LogP contribution is 2.44. The molecule has 0 aromatic heterocycles. The normalized spacial score (nSPS) is 14.0. The first-order valence-electron chi connectivity index (χ1n) is 16.9. The summed E-state index contributed by atoms with van der Waals surface area (Å²) < 4.78 is 6.78. The summed E-state index contributed by atoms with van der Waals surface area (Å²) in [6.45, 7) is 0.0694. The molecule has 0 unspecified atom stereocenters. The molecule has 3 aliphatic heterocycles. The molecule has 0 amide bonds. The van der Waals surface area contributed by atoms with Crippen molar-refractivity contribution in [3.05, 3.63) is 169 Å². The molecule has 3 heterocycles. The van der Waals surface area contributed by atoms with E-state index in [0.717, 1.165) is 43.8 Å². The van der Waals surface area contributed by atoms with E-state index in [-0.39, 0.29) is 6.71 Å². The molecule has 4 nitrogen and oxygen atoms in total. The highest BCUT2D eigenvalue weighted by Gasteiger charge is 2.50. The minimum atomic E-state index is -3.07. The van der Waals surface area contributed by atoms with Gasteiger partial charge in [-0.15, -0.1) is 0 Å². The van der Waals surface area contributed by atoms with E-state index in [9.17, 15) is 10.5 Å². The van der Waals surface area contributed by atoms with Gasteiger partial charge < -0.3 is 9.64 Å². The Morgan fingerprint density at radius 1 is 0.549 bits per heavy atom. The van der Waals surface area contributed by atoms with Gasteiger partial charge in [-0.3, -0.25) is 0 Å². The number of ether oxygens (including phenoxy) is 1. The summed E-state index contributed by atoms with van der Waals surface area (Å²) in [5.74, 6) is 1.72. The topological polar surface area (TPSA) is 60.0 Å². The van der Waals surface area contributed by atoms with E-state index in [1.165, 1.54) is 31.7 Å². The molecular weight excluding hydrogens is 657 g/mol. The minimum Gasteiger partial charge on any atom is -0.458 e. The Morgan fingerprint density at radius 3 is 1.75 bits per heavy atom. The molecule has 236 valence electrons. The fourth-order valence-electron chi connectivity index (χ4n) is 8.43. The van der Waals surface area contributed by atoms with Crippen molar-refractivity contribution < 1.29 is 4.74 Å². The Balaban J connectivity index is 1.29. The molecule has 0 bridgehead atoms. The van der Waals surface area contributed by atoms with Crippen molar-refractivity contribution in [3.63, 3.8) is 0 Å². The average molecular weight is 684 g/mol. The first-order chi connectivity index (χ1) is 25.2. The van der Waals surface area contributed by atoms with Crippen molar-refractivity contribution in [1.82, 2.24) is 0 Å². The van der Waals surface area contributed by atoms with E-state index in [0.29, 0.717) is 11.1 Å². The molecule has 7 aromatic carbocycles. The van der Waals surface area contributed by atoms with Crippen molar-refractivity contribution in [2.45, 2.75) is 9.79 Å². The predicted octanol–water partition coefficient (Wildman–Crippen LogP) is 5.68. The lowest BCUT2D eigenvalue weighted by Gasteiger charge is -2.45. The van der Waals surface area contributed by atoms with Crippen LogP contribution in [0, 0.1) is 22.7 Å². The van der Waals surface area contributed by atoms with Crippen molar-refractivity contribution in [1.29, 1.82) is 10.5 Å². The fourth-order valence-corrected chi connectivity index (χ4v) is 14.8. The highest BCUT2D eigenvalue weighted by molar-refractivity contribution is 8.00. The number of fused-ring (bicyclic) bond motifs is 6. The van der Waals surface area contributed by atoms with Crippen LogP contribution in [0.2, 0.25) is 0 Å². The van der Waals surface area contributed by atoms with Gasteiger partial charge >= 0.3 is 0 Å². The second-order valence-electron chi connectivity index (χ2n) is 13.1. The smallest absolute Gasteiger partial charge is 0.253 e. The van der Waals surface area contributed by atoms with E-state index < -0.39 is 8.07 Å². The molecule has 0 saturated heterocycles. The van der Waals surface area contributed by atoms with Crippen LogP contribution in [0.3, 0.4) is 0 Å². The number of para-hydroxylation sites is 1. The van der Waals surface area contributed by atoms with Crippen molar-refractivity contribution in [3.8, 4) is 23.6 Å². The lowest BCUT2D eigenvalue weighted by Crippen LogP contribution is -2.77. The third kappa shape index (κ3) is 4.26. The molecular formula is C44H26BN3OSSi. The monoisotopic (exact) mass is 683 g/mol. The van der Waals surface area contributed by atoms with Gasteiger partial charge in [-0.05, 0) is 86.3 Å². The summed E-state index contributed by atoms with van der Waals surface area (Å²) in [6, 6.07) is 60.0. The largest absolute Gasteiger partial charge is 0.458 e. The van der Waals surface area contributed by atoms with Crippen LogP contribution in [-0.4, -0.2) is 14.8 Å². The maximum absolute atomic E-state index is 10.3. The zero-order valence-electron chi connectivity index (χ0n) is 27.2. The summed E-state index contributed by atoms with van der Waals surface area (Å²) in [5, 5.41) is 25.2. The number of rotatable bonds is 3. The van der Waals surface area contributed by atoms with Gasteiger partial charge in [0.25, 0.3) is 6.71 Å². The Hall–Kier alpha value is -6.25. The molecule has 0 atom stereocenters. The second-order valence-corrected chi connectivity index (χ2v) is 17.9. The zero-order valence-corrected chi connectivity index (χ0v) is 29.1. The summed E-state index contributed by atoms with van der Waals surface area (Å²) in [5.41, 5.74) is 7.88. The highest BCUT2D eigenvalue weighted by atomic mass is 32.2. The molecule has 0 fully saturated rings. The molecule has 51 heavy (non-hydrogen) atoms. The van der Waals surface area contributed by atoms with Gasteiger partial charge in [0.05, 0.1) is 29.0 Å². The zero-order chi connectivity index (χ0) is 34.1. The molecule has 3 aliphatic rings. The average Bonchev–Trinajstić information content (AvgIpc) is 3.19. The van der Waals surface area contributed by atoms with E-state index in [1.54, 1.807) is 11.8 Å². The van der Waals surface area contributed by atoms with Crippen LogP contribution in [0.1, 0.15) is 11.1 Å². The van der Waals surface area contributed by atoms with Gasteiger partial charge in [0.2, 0.25) is 0 Å². The van der Waals surface area contributed by atoms with Crippen LogP contribution in [0.15, 0.2) is 168 Å². The summed E-state index contributed by atoms with van der Waals surface area (Å²) >= 11 is 1.79. The van der Waals surface area contributed by atoms with E-state index in [1.807, 2.05) is 30.3 Å². The summed E-state index contributed by atoms with van der Waals surface area (Å²) in [6.07, 6.45) is 0. The Kier molecular flexibility index (Phi) is 6.63. The number of hydrogen-bond acceptors (Lipinski definition) is 5. The van der Waals surface area contributed by atoms with E-state index in [2.05, 4.69) is 144 Å². The van der Waals surface area contributed by atoms with E-state index >= 15 is 0 Å². The molecule has 0 spiro atoms. The second kappa shape index (κ2) is 11.4. The molecule has 0 N–H and O–H groups in total. The number of anilines is 3. The molecule has 7 heteroatoms. The maximum Gasteiger partial charge on any atom is 0.253 e. The Morgan fingerprint density at radius 2 is 1.12 bits per heavy atom. The van der Waals surface area contributed by atoms with Gasteiger partial charge in [-0.1, -0.05) is 114 Å². The lowest BCUT2D eigenvalue weighted by atomic mass is 9.35. The van der Waals surface area contributed by atoms with E-state index in [4.69, 9.17) is 4.74 Å². The van der Waals surface area contributed by atoms with Crippen LogP contribution in [0.25, 0.3) is 0 Å². The third-order valence-corrected chi connectivity index (χ3v) is 16.5. The van der Waals surface area contributed by atoms with Gasteiger partial charge in [0, 0.05) is 27.2 Å². The summed E-state index contributed by atoms with van der Waals surface area (Å²) in [7, 11) is -3.07. The Labute approximate surface area is 301 Å². The molecule has 0 radical (unpaired) electrons. The van der Waals surface area contributed by atoms with Crippen LogP contribution in [0.5, 0.6) is 11.5 Å². The number of nitrogens with zero attached hydrogens (tertiary/aromatic N) is 3. The van der Waals surface area contributed by atoms with Gasteiger partial charge in [0.15, 0.2) is 8.07 Å². The van der Waals surface area contributed by atoms with Crippen LogP contribution >= 0.6 is 11.8 Å². The molecule has 0 aliphatic carbocycles. The number of nitriles is 2. The standard InChI is InChI=1S/C44H26BN3OSSi/c46-27-29-19-21-36-42(23-29)51(32-11-3-1-4-12-32,33-13-5-2-6-14-33)43-24-30(28-47)20-22-37(43)48(36)31-25-39-44-41(26-31)50-40-18-10-8-16-35(40)45(44)34-15-7-9-17-38(34)49-39/h1-26H. The molecule has 0 saturated carbocycles. The van der Waals surface area contributed by atoms with Gasteiger partial charge in [-0.2, -0.15) is 10.5 Å².